The molecule has 0 amide bonds. The van der Waals surface area contributed by atoms with Crippen LogP contribution in [0.1, 0.15) is 413 Å². The average molecular weight is 1410 g/mol. The predicted octanol–water partition coefficient (Wildman–Crippen LogP) is 23.0. The zero-order chi connectivity index (χ0) is 70.4. The zero-order valence-corrected chi connectivity index (χ0v) is 64.1. The van der Waals surface area contributed by atoms with Crippen molar-refractivity contribution in [3.05, 3.63) is 0 Å². The molecule has 17 nitrogen and oxygen atoms in total. The molecule has 2 unspecified atom stereocenters. The molecule has 19 heteroatoms. The number of phosphoric ester groups is 2. The zero-order valence-electron chi connectivity index (χ0n) is 62.4. The Labute approximate surface area is 588 Å². The number of carbonyl (C=O) groups excluding carboxylic acids is 4. The Morgan fingerprint density at radius 2 is 0.417 bits per heavy atom. The van der Waals surface area contributed by atoms with Gasteiger partial charge in [0.1, 0.15) is 19.3 Å². The monoisotopic (exact) mass is 1410 g/mol. The van der Waals surface area contributed by atoms with Crippen LogP contribution in [0.4, 0.5) is 0 Å². The van der Waals surface area contributed by atoms with E-state index in [1.165, 1.54) is 238 Å². The lowest BCUT2D eigenvalue weighted by Gasteiger charge is -2.21. The van der Waals surface area contributed by atoms with Gasteiger partial charge in [0.05, 0.1) is 26.4 Å². The van der Waals surface area contributed by atoms with E-state index in [0.29, 0.717) is 25.7 Å². The Kier molecular flexibility index (Phi) is 70.0. The average Bonchev–Trinajstić information content (AvgIpc) is 3.07. The van der Waals surface area contributed by atoms with Crippen molar-refractivity contribution in [2.75, 3.05) is 39.6 Å². The molecule has 0 saturated heterocycles. The molecule has 0 fully saturated rings. The van der Waals surface area contributed by atoms with Gasteiger partial charge in [-0.05, 0) is 25.7 Å². The van der Waals surface area contributed by atoms with Gasteiger partial charge in [-0.3, -0.25) is 37.3 Å². The molecule has 0 heterocycles. The molecule has 0 aliphatic carbocycles. The highest BCUT2D eigenvalue weighted by atomic mass is 31.2. The predicted molar refractivity (Wildman–Crippen MR) is 391 cm³/mol. The second kappa shape index (κ2) is 71.5. The van der Waals surface area contributed by atoms with Crippen molar-refractivity contribution in [3.63, 3.8) is 0 Å². The molecule has 0 spiro atoms. The highest BCUT2D eigenvalue weighted by Gasteiger charge is 2.30. The Morgan fingerprint density at radius 3 is 0.615 bits per heavy atom. The molecule has 0 saturated carbocycles. The van der Waals surface area contributed by atoms with E-state index in [9.17, 15) is 43.2 Å². The van der Waals surface area contributed by atoms with Crippen LogP contribution in [0.2, 0.25) is 0 Å². The molecule has 0 rings (SSSR count). The van der Waals surface area contributed by atoms with E-state index in [0.717, 1.165) is 96.3 Å². The fraction of sp³-hybridized carbons (Fsp3) is 0.948. The summed E-state index contributed by atoms with van der Waals surface area (Å²) in [6.45, 7) is 4.97. The number of carbonyl (C=O) groups is 4. The van der Waals surface area contributed by atoms with E-state index < -0.39 is 97.5 Å². The third-order valence-electron chi connectivity index (χ3n) is 18.1. The minimum Gasteiger partial charge on any atom is -0.462 e. The van der Waals surface area contributed by atoms with E-state index >= 15 is 0 Å². The fourth-order valence-electron chi connectivity index (χ4n) is 11.9. The molecule has 0 aromatic carbocycles. The lowest BCUT2D eigenvalue weighted by atomic mass is 10.0. The molecular formula is C77H150O17P2. The molecule has 5 atom stereocenters. The van der Waals surface area contributed by atoms with E-state index in [1.54, 1.807) is 0 Å². The van der Waals surface area contributed by atoms with Gasteiger partial charge in [-0.1, -0.05) is 362 Å². The van der Waals surface area contributed by atoms with Crippen molar-refractivity contribution in [1.82, 2.24) is 0 Å². The van der Waals surface area contributed by atoms with Gasteiger partial charge in [-0.25, -0.2) is 9.13 Å². The molecular weight excluding hydrogens is 1260 g/mol. The van der Waals surface area contributed by atoms with Crippen molar-refractivity contribution < 1.29 is 80.2 Å². The number of ether oxygens (including phenoxy) is 4. The van der Waals surface area contributed by atoms with Crippen LogP contribution in [-0.4, -0.2) is 96.7 Å². The first-order chi connectivity index (χ1) is 46.7. The smallest absolute Gasteiger partial charge is 0.462 e. The Bertz CT molecular complexity index is 1830. The third kappa shape index (κ3) is 70.5. The summed E-state index contributed by atoms with van der Waals surface area (Å²) in [7, 11) is -9.90. The van der Waals surface area contributed by atoms with Crippen LogP contribution >= 0.6 is 15.6 Å². The van der Waals surface area contributed by atoms with Crippen LogP contribution in [0, 0.1) is 0 Å². The summed E-state index contributed by atoms with van der Waals surface area (Å²) < 4.78 is 68.5. The minimum absolute atomic E-state index is 0.107. The van der Waals surface area contributed by atoms with Gasteiger partial charge in [-0.2, -0.15) is 0 Å². The number of unbranched alkanes of at least 4 members (excludes halogenated alkanes) is 52. The van der Waals surface area contributed by atoms with Crippen molar-refractivity contribution in [2.45, 2.75) is 431 Å². The molecule has 0 bridgehead atoms. The maximum Gasteiger partial charge on any atom is 0.472 e. The van der Waals surface area contributed by atoms with Gasteiger partial charge in [0.15, 0.2) is 12.2 Å². The van der Waals surface area contributed by atoms with Crippen LogP contribution in [0.15, 0.2) is 0 Å². The summed E-state index contributed by atoms with van der Waals surface area (Å²) in [5, 5.41) is 10.6. The second-order valence-electron chi connectivity index (χ2n) is 27.7. The van der Waals surface area contributed by atoms with Crippen LogP contribution in [-0.2, 0) is 65.4 Å². The maximum atomic E-state index is 13.1. The third-order valence-corrected chi connectivity index (χ3v) is 20.0. The van der Waals surface area contributed by atoms with Crippen LogP contribution in [0.3, 0.4) is 0 Å². The van der Waals surface area contributed by atoms with E-state index in [-0.39, 0.29) is 25.7 Å². The van der Waals surface area contributed by atoms with Gasteiger partial charge < -0.3 is 33.8 Å². The molecule has 0 radical (unpaired) electrons. The number of hydrogen-bond acceptors (Lipinski definition) is 15. The van der Waals surface area contributed by atoms with Gasteiger partial charge >= 0.3 is 39.5 Å². The highest BCUT2D eigenvalue weighted by Crippen LogP contribution is 2.45. The van der Waals surface area contributed by atoms with Crippen molar-refractivity contribution in [2.24, 2.45) is 0 Å². The van der Waals surface area contributed by atoms with Gasteiger partial charge in [-0.15, -0.1) is 0 Å². The lowest BCUT2D eigenvalue weighted by molar-refractivity contribution is -0.161. The van der Waals surface area contributed by atoms with Crippen molar-refractivity contribution in [1.29, 1.82) is 0 Å². The summed E-state index contributed by atoms with van der Waals surface area (Å²) in [4.78, 5) is 72.7. The summed E-state index contributed by atoms with van der Waals surface area (Å²) in [5.41, 5.74) is 0. The summed E-state index contributed by atoms with van der Waals surface area (Å²) in [6.07, 6.45) is 62.5. The normalized spacial score (nSPS) is 13.9. The van der Waals surface area contributed by atoms with E-state index in [1.807, 2.05) is 0 Å². The Balaban J connectivity index is 5.18. The highest BCUT2D eigenvalue weighted by molar-refractivity contribution is 7.47. The quantitative estimate of drug-likeness (QED) is 0.0222. The number of hydrogen-bond donors (Lipinski definition) is 3. The molecule has 0 aromatic heterocycles. The molecule has 3 N–H and O–H groups in total. The second-order valence-corrected chi connectivity index (χ2v) is 30.7. The standard InChI is InChI=1S/C77H150O17P2/c1-5-9-13-17-21-25-28-30-32-34-35-36-38-40-42-45-48-52-56-60-64-77(82)94-73(68-88-75(80)62-58-54-50-46-44-41-39-37-33-31-29-26-22-18-14-10-6-2)70-92-96(85,86)90-66-71(78)65-89-95(83,84)91-69-72(67-87-74(79)61-57-53-49-24-20-16-12-8-4)93-76(81)63-59-55-51-47-43-27-23-19-15-11-7-3/h71-73,78H,5-70H2,1-4H3,(H,83,84)(H,85,86)/t71-,72+,73+/m0/s1. The number of rotatable bonds is 78. The van der Waals surface area contributed by atoms with Crippen LogP contribution in [0.25, 0.3) is 0 Å². The molecule has 570 valence electrons. The SMILES string of the molecule is CCCCCCCCCCCCCCCCCCCCCCC(=O)O[C@H](COC(=O)CCCCCCCCCCCCCCCCCCC)COP(=O)(O)OC[C@@H](O)COP(=O)(O)OC[C@@H](COC(=O)CCCCCCCCCC)OC(=O)CCCCCCCCCCCCC. The largest absolute Gasteiger partial charge is 0.472 e. The van der Waals surface area contributed by atoms with Crippen molar-refractivity contribution >= 4 is 39.5 Å². The Hall–Kier alpha value is -1.94. The first-order valence-electron chi connectivity index (χ1n) is 40.3. The number of aliphatic hydroxyl groups is 1. The van der Waals surface area contributed by atoms with Gasteiger partial charge in [0, 0.05) is 25.7 Å². The molecule has 96 heavy (non-hydrogen) atoms. The maximum absolute atomic E-state index is 13.1. The van der Waals surface area contributed by atoms with Gasteiger partial charge in [0.25, 0.3) is 0 Å². The van der Waals surface area contributed by atoms with Crippen molar-refractivity contribution in [3.8, 4) is 0 Å². The summed E-state index contributed by atoms with van der Waals surface area (Å²) in [5.74, 6) is -2.11. The first kappa shape index (κ1) is 94.1. The molecule has 0 aliphatic rings. The van der Waals surface area contributed by atoms with Gasteiger partial charge in [0.2, 0.25) is 0 Å². The van der Waals surface area contributed by atoms with Crippen LogP contribution in [0.5, 0.6) is 0 Å². The van der Waals surface area contributed by atoms with E-state index in [2.05, 4.69) is 27.7 Å². The topological polar surface area (TPSA) is 237 Å². The summed E-state index contributed by atoms with van der Waals surface area (Å²) in [6, 6.07) is 0. The molecule has 0 aromatic rings. The molecule has 0 aliphatic heterocycles. The number of esters is 4. The van der Waals surface area contributed by atoms with E-state index in [4.69, 9.17) is 37.0 Å². The number of phosphoric acid groups is 2. The number of aliphatic hydroxyl groups excluding tert-OH is 1. The minimum atomic E-state index is -4.96. The van der Waals surface area contributed by atoms with Crippen LogP contribution < -0.4 is 0 Å². The summed E-state index contributed by atoms with van der Waals surface area (Å²) >= 11 is 0. The lowest BCUT2D eigenvalue weighted by Crippen LogP contribution is -2.30. The fourth-order valence-corrected chi connectivity index (χ4v) is 13.5. The Morgan fingerprint density at radius 1 is 0.250 bits per heavy atom. The first-order valence-corrected chi connectivity index (χ1v) is 43.3.